The van der Waals surface area contributed by atoms with Crippen LogP contribution in [0.2, 0.25) is 0 Å². The van der Waals surface area contributed by atoms with E-state index in [2.05, 4.69) is 11.9 Å². The molecule has 0 N–H and O–H groups in total. The standard InChI is InChI=1S/C14H21NO/c1-11-10-13(8-9-15-11)14(16)12-6-4-2-3-5-7-12/h8-9,11-12H,2-7,10H2,1H3/t11-/m0/s1. The molecule has 0 aromatic heterocycles. The van der Waals surface area contributed by atoms with Crippen LogP contribution in [0.15, 0.2) is 16.6 Å². The Hall–Kier alpha value is -0.920. The van der Waals surface area contributed by atoms with Gasteiger partial charge in [-0.25, -0.2) is 0 Å². The number of carbonyl (C=O) groups excluding carboxylic acids is 1. The minimum absolute atomic E-state index is 0.287. The van der Waals surface area contributed by atoms with Crippen LogP contribution in [0.25, 0.3) is 0 Å². The first kappa shape index (κ1) is 11.6. The minimum Gasteiger partial charge on any atom is -0.294 e. The van der Waals surface area contributed by atoms with Crippen molar-refractivity contribution in [2.45, 2.75) is 57.9 Å². The third-order valence-electron chi connectivity index (χ3n) is 3.67. The van der Waals surface area contributed by atoms with Gasteiger partial charge >= 0.3 is 0 Å². The number of dihydropyridines is 1. The number of hydrogen-bond acceptors (Lipinski definition) is 2. The molecule has 1 fully saturated rings. The lowest BCUT2D eigenvalue weighted by atomic mass is 9.88. The predicted molar refractivity (Wildman–Crippen MR) is 66.9 cm³/mol. The zero-order chi connectivity index (χ0) is 11.4. The van der Waals surface area contributed by atoms with Crippen molar-refractivity contribution in [2.24, 2.45) is 10.9 Å². The first-order valence-corrected chi connectivity index (χ1v) is 6.54. The van der Waals surface area contributed by atoms with Crippen molar-refractivity contribution >= 4 is 12.0 Å². The van der Waals surface area contributed by atoms with Crippen LogP contribution in [0.3, 0.4) is 0 Å². The highest BCUT2D eigenvalue weighted by molar-refractivity contribution is 6.01. The molecule has 88 valence electrons. The summed E-state index contributed by atoms with van der Waals surface area (Å²) in [5.74, 6) is 0.701. The van der Waals surface area contributed by atoms with E-state index < -0.39 is 0 Å². The number of Topliss-reactive ketones (excluding diaryl/α,β-unsaturated/α-hetero) is 1. The van der Waals surface area contributed by atoms with Crippen LogP contribution in [0.4, 0.5) is 0 Å². The third-order valence-corrected chi connectivity index (χ3v) is 3.67. The molecule has 2 aliphatic rings. The van der Waals surface area contributed by atoms with Crippen molar-refractivity contribution in [3.63, 3.8) is 0 Å². The molecule has 2 nitrogen and oxygen atoms in total. The van der Waals surface area contributed by atoms with E-state index in [9.17, 15) is 4.79 Å². The molecule has 0 bridgehead atoms. The van der Waals surface area contributed by atoms with Crippen molar-refractivity contribution in [1.82, 2.24) is 0 Å². The van der Waals surface area contributed by atoms with Crippen LogP contribution >= 0.6 is 0 Å². The second-order valence-electron chi connectivity index (χ2n) is 5.10. The van der Waals surface area contributed by atoms with Gasteiger partial charge in [-0.15, -0.1) is 0 Å². The van der Waals surface area contributed by atoms with Gasteiger partial charge in [-0.2, -0.15) is 0 Å². The maximum absolute atomic E-state index is 12.3. The fraction of sp³-hybridized carbons (Fsp3) is 0.714. The average Bonchev–Trinajstić information content (AvgIpc) is 2.56. The number of allylic oxidation sites excluding steroid dienone is 1. The van der Waals surface area contributed by atoms with E-state index in [4.69, 9.17) is 0 Å². The Bertz CT molecular complexity index is 309. The first-order valence-electron chi connectivity index (χ1n) is 6.54. The zero-order valence-corrected chi connectivity index (χ0v) is 10.1. The molecular weight excluding hydrogens is 198 g/mol. The Morgan fingerprint density at radius 2 is 1.94 bits per heavy atom. The molecule has 1 aliphatic heterocycles. The number of ketones is 1. The molecule has 0 aromatic rings. The molecule has 0 unspecified atom stereocenters. The van der Waals surface area contributed by atoms with Gasteiger partial charge in [0, 0.05) is 12.1 Å². The van der Waals surface area contributed by atoms with E-state index in [0.717, 1.165) is 24.8 Å². The van der Waals surface area contributed by atoms with Gasteiger partial charge in [0.1, 0.15) is 0 Å². The maximum atomic E-state index is 12.3. The normalized spacial score (nSPS) is 27.3. The van der Waals surface area contributed by atoms with Crippen LogP contribution in [0, 0.1) is 5.92 Å². The minimum atomic E-state index is 0.287. The summed E-state index contributed by atoms with van der Waals surface area (Å²) in [4.78, 5) is 16.6. The van der Waals surface area contributed by atoms with Crippen LogP contribution in [-0.4, -0.2) is 18.0 Å². The molecule has 1 saturated carbocycles. The highest BCUT2D eigenvalue weighted by atomic mass is 16.1. The van der Waals surface area contributed by atoms with Crippen molar-refractivity contribution < 1.29 is 4.79 Å². The van der Waals surface area contributed by atoms with Gasteiger partial charge in [0.25, 0.3) is 0 Å². The smallest absolute Gasteiger partial charge is 0.162 e. The number of carbonyl (C=O) groups is 1. The van der Waals surface area contributed by atoms with Crippen LogP contribution < -0.4 is 0 Å². The lowest BCUT2D eigenvalue weighted by molar-refractivity contribution is -0.119. The van der Waals surface area contributed by atoms with Crippen molar-refractivity contribution in [2.75, 3.05) is 0 Å². The molecule has 2 rings (SSSR count). The summed E-state index contributed by atoms with van der Waals surface area (Å²) in [5.41, 5.74) is 1.01. The molecule has 0 radical (unpaired) electrons. The Morgan fingerprint density at radius 3 is 2.56 bits per heavy atom. The Balaban J connectivity index is 2.00. The number of aliphatic imine (C=N–C) groups is 1. The summed E-state index contributed by atoms with van der Waals surface area (Å²) >= 11 is 0. The Morgan fingerprint density at radius 1 is 1.25 bits per heavy atom. The average molecular weight is 219 g/mol. The third kappa shape index (κ3) is 2.81. The predicted octanol–water partition coefficient (Wildman–Crippen LogP) is 3.32. The van der Waals surface area contributed by atoms with Gasteiger partial charge in [0.2, 0.25) is 0 Å². The number of rotatable bonds is 2. The van der Waals surface area contributed by atoms with Gasteiger partial charge in [-0.05, 0) is 37.8 Å². The summed E-state index contributed by atoms with van der Waals surface area (Å²) in [6, 6.07) is 0.287. The second-order valence-corrected chi connectivity index (χ2v) is 5.10. The maximum Gasteiger partial charge on any atom is 0.162 e. The molecule has 16 heavy (non-hydrogen) atoms. The molecule has 0 amide bonds. The number of hydrogen-bond donors (Lipinski definition) is 0. The molecule has 0 aromatic carbocycles. The summed E-state index contributed by atoms with van der Waals surface area (Å²) < 4.78 is 0. The van der Waals surface area contributed by atoms with Gasteiger partial charge < -0.3 is 0 Å². The van der Waals surface area contributed by atoms with Crippen LogP contribution in [0.1, 0.15) is 51.9 Å². The summed E-state index contributed by atoms with van der Waals surface area (Å²) in [5, 5.41) is 0. The van der Waals surface area contributed by atoms with Gasteiger partial charge in [-0.3, -0.25) is 9.79 Å². The van der Waals surface area contributed by atoms with Crippen molar-refractivity contribution in [1.29, 1.82) is 0 Å². The largest absolute Gasteiger partial charge is 0.294 e. The molecule has 1 atom stereocenters. The fourth-order valence-corrected chi connectivity index (χ4v) is 2.71. The Labute approximate surface area is 97.8 Å². The summed E-state index contributed by atoms with van der Waals surface area (Å²) in [6.07, 6.45) is 11.8. The summed E-state index contributed by atoms with van der Waals surface area (Å²) in [7, 11) is 0. The molecule has 1 aliphatic carbocycles. The van der Waals surface area contributed by atoms with Crippen LogP contribution in [0.5, 0.6) is 0 Å². The monoisotopic (exact) mass is 219 g/mol. The van der Waals surface area contributed by atoms with E-state index in [1.807, 2.05) is 6.08 Å². The van der Waals surface area contributed by atoms with Gasteiger partial charge in [-0.1, -0.05) is 25.7 Å². The van der Waals surface area contributed by atoms with E-state index in [-0.39, 0.29) is 6.04 Å². The van der Waals surface area contributed by atoms with E-state index in [1.165, 1.54) is 25.7 Å². The lowest BCUT2D eigenvalue weighted by Crippen LogP contribution is -2.20. The van der Waals surface area contributed by atoms with Crippen molar-refractivity contribution in [3.8, 4) is 0 Å². The lowest BCUT2D eigenvalue weighted by Gasteiger charge is -2.18. The molecule has 2 heteroatoms. The van der Waals surface area contributed by atoms with Crippen LogP contribution in [-0.2, 0) is 4.79 Å². The highest BCUT2D eigenvalue weighted by Crippen LogP contribution is 2.27. The molecule has 0 spiro atoms. The summed E-state index contributed by atoms with van der Waals surface area (Å²) in [6.45, 7) is 2.07. The fourth-order valence-electron chi connectivity index (χ4n) is 2.71. The van der Waals surface area contributed by atoms with E-state index in [0.29, 0.717) is 11.7 Å². The van der Waals surface area contributed by atoms with E-state index >= 15 is 0 Å². The molecule has 1 heterocycles. The highest BCUT2D eigenvalue weighted by Gasteiger charge is 2.24. The van der Waals surface area contributed by atoms with Crippen molar-refractivity contribution in [3.05, 3.63) is 11.6 Å². The second kappa shape index (κ2) is 5.42. The van der Waals surface area contributed by atoms with E-state index in [1.54, 1.807) is 6.21 Å². The zero-order valence-electron chi connectivity index (χ0n) is 10.1. The quantitative estimate of drug-likeness (QED) is 0.655. The molecular formula is C14H21NO. The van der Waals surface area contributed by atoms with Gasteiger partial charge in [0.05, 0.1) is 6.04 Å². The Kier molecular flexibility index (Phi) is 3.92. The SMILES string of the molecule is C[C@H]1CC(C(=O)C2CCCCCC2)=CC=N1. The van der Waals surface area contributed by atoms with Gasteiger partial charge in [0.15, 0.2) is 5.78 Å². The first-order chi connectivity index (χ1) is 7.77. The number of nitrogens with zero attached hydrogens (tertiary/aromatic N) is 1. The molecule has 0 saturated heterocycles. The topological polar surface area (TPSA) is 29.4 Å².